The molecule has 0 aromatic heterocycles. The fourth-order valence-corrected chi connectivity index (χ4v) is 1.83. The average molecular weight is 199 g/mol. The molecular weight excluding hydrogens is 178 g/mol. The summed E-state index contributed by atoms with van der Waals surface area (Å²) in [6, 6.07) is 0. The van der Waals surface area contributed by atoms with Crippen LogP contribution in [0, 0.1) is 5.92 Å². The van der Waals surface area contributed by atoms with Gasteiger partial charge in [0.25, 0.3) is 0 Å². The summed E-state index contributed by atoms with van der Waals surface area (Å²) in [6.07, 6.45) is 0. The number of hydrogen-bond donors (Lipinski definition) is 1. The van der Waals surface area contributed by atoms with Crippen LogP contribution in [0.3, 0.4) is 0 Å². The highest BCUT2D eigenvalue weighted by atomic mass is 16.2. The Morgan fingerprint density at radius 3 is 2.29 bits per heavy atom. The maximum Gasteiger partial charge on any atom is 0.236 e. The van der Waals surface area contributed by atoms with Crippen molar-refractivity contribution in [2.45, 2.75) is 13.8 Å². The summed E-state index contributed by atoms with van der Waals surface area (Å²) in [5.41, 5.74) is 5.31. The Balaban J connectivity index is 2.27. The first-order chi connectivity index (χ1) is 6.63. The summed E-state index contributed by atoms with van der Waals surface area (Å²) in [5.74, 6) is 0.779. The highest BCUT2D eigenvalue weighted by molar-refractivity contribution is 5.78. The summed E-state index contributed by atoms with van der Waals surface area (Å²) in [7, 11) is 0. The molecule has 82 valence electrons. The van der Waals surface area contributed by atoms with Gasteiger partial charge in [-0.1, -0.05) is 13.8 Å². The molecule has 1 aliphatic heterocycles. The Kier molecular flexibility index (Phi) is 4.35. The number of hydrogen-bond acceptors (Lipinski definition) is 3. The van der Waals surface area contributed by atoms with Gasteiger partial charge < -0.3 is 10.6 Å². The smallest absolute Gasteiger partial charge is 0.236 e. The molecule has 0 aromatic carbocycles. The summed E-state index contributed by atoms with van der Waals surface area (Å²) in [4.78, 5) is 15.5. The predicted molar refractivity (Wildman–Crippen MR) is 56.9 cm³/mol. The van der Waals surface area contributed by atoms with E-state index in [2.05, 4.69) is 18.7 Å². The first-order valence-corrected chi connectivity index (χ1v) is 5.33. The zero-order valence-electron chi connectivity index (χ0n) is 9.20. The molecule has 1 heterocycles. The van der Waals surface area contributed by atoms with Crippen LogP contribution in [0.1, 0.15) is 13.8 Å². The van der Waals surface area contributed by atoms with E-state index in [1.165, 1.54) is 0 Å². The second-order valence-electron chi connectivity index (χ2n) is 4.28. The lowest BCUT2D eigenvalue weighted by Gasteiger charge is -2.35. The number of nitrogens with two attached hydrogens (primary N) is 1. The SMILES string of the molecule is CC(C)CN1CCN(C(=O)CN)CC1. The van der Waals surface area contributed by atoms with Crippen LogP contribution >= 0.6 is 0 Å². The second-order valence-corrected chi connectivity index (χ2v) is 4.28. The highest BCUT2D eigenvalue weighted by Gasteiger charge is 2.19. The van der Waals surface area contributed by atoms with Gasteiger partial charge in [0.1, 0.15) is 0 Å². The Labute approximate surface area is 86.0 Å². The van der Waals surface area contributed by atoms with E-state index in [0.29, 0.717) is 5.92 Å². The van der Waals surface area contributed by atoms with Gasteiger partial charge in [-0.2, -0.15) is 0 Å². The Hall–Kier alpha value is -0.610. The van der Waals surface area contributed by atoms with E-state index in [9.17, 15) is 4.79 Å². The van der Waals surface area contributed by atoms with Gasteiger partial charge in [0.05, 0.1) is 6.54 Å². The van der Waals surface area contributed by atoms with Gasteiger partial charge in [-0.05, 0) is 5.92 Å². The molecule has 1 aliphatic rings. The normalized spacial score (nSPS) is 19.0. The molecule has 14 heavy (non-hydrogen) atoms. The number of piperazine rings is 1. The zero-order chi connectivity index (χ0) is 10.6. The molecule has 1 fully saturated rings. The van der Waals surface area contributed by atoms with Crippen molar-refractivity contribution in [1.82, 2.24) is 9.80 Å². The van der Waals surface area contributed by atoms with Crippen LogP contribution in [0.25, 0.3) is 0 Å². The fraction of sp³-hybridized carbons (Fsp3) is 0.900. The molecule has 0 saturated carbocycles. The van der Waals surface area contributed by atoms with Gasteiger partial charge in [0, 0.05) is 32.7 Å². The summed E-state index contributed by atoms with van der Waals surface area (Å²) >= 11 is 0. The van der Waals surface area contributed by atoms with E-state index < -0.39 is 0 Å². The average Bonchev–Trinajstić information content (AvgIpc) is 2.17. The molecule has 0 spiro atoms. The maximum atomic E-state index is 11.3. The van der Waals surface area contributed by atoms with E-state index in [1.807, 2.05) is 4.90 Å². The van der Waals surface area contributed by atoms with E-state index >= 15 is 0 Å². The van der Waals surface area contributed by atoms with Crippen molar-refractivity contribution in [3.05, 3.63) is 0 Å². The van der Waals surface area contributed by atoms with Gasteiger partial charge in [-0.15, -0.1) is 0 Å². The number of carbonyl (C=O) groups excluding carboxylic acids is 1. The van der Waals surface area contributed by atoms with Crippen LogP contribution < -0.4 is 5.73 Å². The molecule has 0 atom stereocenters. The highest BCUT2D eigenvalue weighted by Crippen LogP contribution is 2.04. The molecule has 0 aliphatic carbocycles. The monoisotopic (exact) mass is 199 g/mol. The van der Waals surface area contributed by atoms with Crippen molar-refractivity contribution < 1.29 is 4.79 Å². The summed E-state index contributed by atoms with van der Waals surface area (Å²) in [5, 5.41) is 0. The second kappa shape index (κ2) is 5.32. The molecular formula is C10H21N3O. The van der Waals surface area contributed by atoms with Gasteiger partial charge in [0.2, 0.25) is 5.91 Å². The number of amides is 1. The third kappa shape index (κ3) is 3.27. The molecule has 0 aromatic rings. The van der Waals surface area contributed by atoms with Crippen LogP contribution in [-0.2, 0) is 4.79 Å². The maximum absolute atomic E-state index is 11.3. The van der Waals surface area contributed by atoms with E-state index in [0.717, 1.165) is 32.7 Å². The molecule has 1 saturated heterocycles. The molecule has 1 amide bonds. The van der Waals surface area contributed by atoms with E-state index in [1.54, 1.807) is 0 Å². The van der Waals surface area contributed by atoms with Crippen molar-refractivity contribution in [3.8, 4) is 0 Å². The molecule has 4 nitrogen and oxygen atoms in total. The van der Waals surface area contributed by atoms with Gasteiger partial charge in [0.15, 0.2) is 0 Å². The fourth-order valence-electron chi connectivity index (χ4n) is 1.83. The lowest BCUT2D eigenvalue weighted by molar-refractivity contribution is -0.131. The van der Waals surface area contributed by atoms with E-state index in [-0.39, 0.29) is 12.5 Å². The first kappa shape index (κ1) is 11.5. The summed E-state index contributed by atoms with van der Waals surface area (Å²) < 4.78 is 0. The summed E-state index contributed by atoms with van der Waals surface area (Å²) in [6.45, 7) is 9.36. The van der Waals surface area contributed by atoms with Crippen molar-refractivity contribution in [2.75, 3.05) is 39.3 Å². The molecule has 0 radical (unpaired) electrons. The van der Waals surface area contributed by atoms with E-state index in [4.69, 9.17) is 5.73 Å². The molecule has 0 bridgehead atoms. The third-order valence-electron chi connectivity index (χ3n) is 2.52. The van der Waals surface area contributed by atoms with Crippen LogP contribution in [0.2, 0.25) is 0 Å². The van der Waals surface area contributed by atoms with Crippen LogP contribution in [0.4, 0.5) is 0 Å². The van der Waals surface area contributed by atoms with Crippen molar-refractivity contribution >= 4 is 5.91 Å². The van der Waals surface area contributed by atoms with Crippen molar-refractivity contribution in [3.63, 3.8) is 0 Å². The van der Waals surface area contributed by atoms with Crippen LogP contribution in [-0.4, -0.2) is 55.0 Å². The number of nitrogens with zero attached hydrogens (tertiary/aromatic N) is 2. The molecule has 0 unspecified atom stereocenters. The van der Waals surface area contributed by atoms with Crippen molar-refractivity contribution in [2.24, 2.45) is 11.7 Å². The van der Waals surface area contributed by atoms with Gasteiger partial charge >= 0.3 is 0 Å². The third-order valence-corrected chi connectivity index (χ3v) is 2.52. The lowest BCUT2D eigenvalue weighted by atomic mass is 10.2. The minimum atomic E-state index is 0.0780. The Morgan fingerprint density at radius 2 is 1.86 bits per heavy atom. The molecule has 1 rings (SSSR count). The Bertz CT molecular complexity index is 186. The predicted octanol–water partition coefficient (Wildman–Crippen LogP) is -0.255. The zero-order valence-corrected chi connectivity index (χ0v) is 9.20. The standard InChI is InChI=1S/C10H21N3O/c1-9(2)8-12-3-5-13(6-4-12)10(14)7-11/h9H,3-8,11H2,1-2H3. The first-order valence-electron chi connectivity index (χ1n) is 5.33. The molecule has 2 N–H and O–H groups in total. The van der Waals surface area contributed by atoms with Crippen LogP contribution in [0.5, 0.6) is 0 Å². The minimum absolute atomic E-state index is 0.0780. The topological polar surface area (TPSA) is 49.6 Å². The minimum Gasteiger partial charge on any atom is -0.339 e. The number of rotatable bonds is 3. The lowest BCUT2D eigenvalue weighted by Crippen LogP contribution is -2.50. The molecule has 4 heteroatoms. The van der Waals surface area contributed by atoms with Gasteiger partial charge in [-0.3, -0.25) is 9.69 Å². The quantitative estimate of drug-likeness (QED) is 0.681. The number of carbonyl (C=O) groups is 1. The Morgan fingerprint density at radius 1 is 1.29 bits per heavy atom. The largest absolute Gasteiger partial charge is 0.339 e. The van der Waals surface area contributed by atoms with Crippen molar-refractivity contribution in [1.29, 1.82) is 0 Å². The van der Waals surface area contributed by atoms with Crippen LogP contribution in [0.15, 0.2) is 0 Å². The van der Waals surface area contributed by atoms with Gasteiger partial charge in [-0.25, -0.2) is 0 Å².